The highest BCUT2D eigenvalue weighted by Crippen LogP contribution is 2.75. The molecule has 0 radical (unpaired) electrons. The lowest BCUT2D eigenvalue weighted by Crippen LogP contribution is -2.45. The number of benzene rings is 2. The molecule has 4 fully saturated rings. The number of amides is 1. The number of carbonyl (C=O) groups excluding carboxylic acids is 3. The van der Waals surface area contributed by atoms with Crippen molar-refractivity contribution in [2.24, 2.45) is 17.8 Å². The van der Waals surface area contributed by atoms with Crippen molar-refractivity contribution < 1.29 is 37.7 Å². The van der Waals surface area contributed by atoms with Gasteiger partial charge in [-0.25, -0.2) is 14.4 Å². The molecule has 6 atom stereocenters. The van der Waals surface area contributed by atoms with E-state index in [2.05, 4.69) is 5.32 Å². The van der Waals surface area contributed by atoms with Crippen molar-refractivity contribution in [2.75, 3.05) is 19.0 Å². The number of Topliss-reactive ketones (excluding diaryl/α,β-unsaturated/α-hetero) is 2. The van der Waals surface area contributed by atoms with E-state index in [1.807, 2.05) is 25.3 Å². The predicted molar refractivity (Wildman–Crippen MR) is 255 cm³/mol. The molecule has 4 aliphatic rings. The number of aromatic nitrogens is 2. The Kier molecular flexibility index (Phi) is 14.7. The number of fused-ring (bicyclic) bond motifs is 3. The highest BCUT2D eigenvalue weighted by Gasteiger charge is 2.65. The Morgan fingerprint density at radius 3 is 2.49 bits per heavy atom. The van der Waals surface area contributed by atoms with E-state index in [1.165, 1.54) is 24.5 Å². The number of hydrogen-bond donors (Lipinski definition) is 2. The zero-order valence-corrected chi connectivity index (χ0v) is 40.6. The Bertz CT molecular complexity index is 2440. The van der Waals surface area contributed by atoms with Crippen LogP contribution in [-0.4, -0.2) is 74.2 Å². The number of nitrogens with one attached hydrogen (secondary N) is 1. The van der Waals surface area contributed by atoms with Gasteiger partial charge in [-0.3, -0.25) is 18.9 Å². The average Bonchev–Trinajstić information content (AvgIpc) is 3.68. The molecule has 2 aromatic heterocycles. The quantitative estimate of drug-likeness (QED) is 0.124. The first-order valence-corrected chi connectivity index (χ1v) is 26.7. The van der Waals surface area contributed by atoms with Crippen molar-refractivity contribution in [3.8, 4) is 22.9 Å². The molecule has 0 bridgehead atoms. The maximum absolute atomic E-state index is 15.3. The summed E-state index contributed by atoms with van der Waals surface area (Å²) in [5, 5.41) is 5.65. The Hall–Kier alpha value is -3.90. The van der Waals surface area contributed by atoms with Crippen molar-refractivity contribution in [3.05, 3.63) is 63.7 Å². The fourth-order valence-corrected chi connectivity index (χ4v) is 14.7. The molecule has 65 heavy (non-hydrogen) atoms. The number of halogens is 2. The van der Waals surface area contributed by atoms with Crippen LogP contribution in [0.15, 0.2) is 41.8 Å². The van der Waals surface area contributed by atoms with E-state index in [4.69, 9.17) is 31.0 Å². The van der Waals surface area contributed by atoms with E-state index in [9.17, 15) is 14.3 Å². The molecule has 8 rings (SSSR count). The summed E-state index contributed by atoms with van der Waals surface area (Å²) in [7, 11) is -2.65. The summed E-state index contributed by atoms with van der Waals surface area (Å²) >= 11 is 8.37. The summed E-state index contributed by atoms with van der Waals surface area (Å²) in [6.45, 7) is 5.88. The van der Waals surface area contributed by atoms with Gasteiger partial charge in [0, 0.05) is 60.0 Å². The van der Waals surface area contributed by atoms with Gasteiger partial charge in [0.2, 0.25) is 13.3 Å². The van der Waals surface area contributed by atoms with Gasteiger partial charge in [0.05, 0.1) is 42.2 Å². The fraction of sp³-hybridized carbons (Fsp3) is 0.580. The fourth-order valence-electron chi connectivity index (χ4n) is 10.8. The lowest BCUT2D eigenvalue weighted by atomic mass is 9.89. The summed E-state index contributed by atoms with van der Waals surface area (Å²) in [5.41, 5.74) is 2.36. The van der Waals surface area contributed by atoms with Crippen LogP contribution in [-0.2, 0) is 25.1 Å². The Morgan fingerprint density at radius 1 is 1.02 bits per heavy atom. The predicted octanol–water partition coefficient (Wildman–Crippen LogP) is 11.7. The van der Waals surface area contributed by atoms with Gasteiger partial charge in [0.25, 0.3) is 0 Å². The van der Waals surface area contributed by atoms with E-state index in [0.717, 1.165) is 62.9 Å². The average molecular weight is 950 g/mol. The van der Waals surface area contributed by atoms with Gasteiger partial charge in [-0.05, 0) is 75.6 Å². The Labute approximate surface area is 391 Å². The molecule has 0 spiro atoms. The summed E-state index contributed by atoms with van der Waals surface area (Å²) in [4.78, 5) is 67.3. The van der Waals surface area contributed by atoms with Gasteiger partial charge >= 0.3 is 0 Å². The first-order chi connectivity index (χ1) is 31.2. The van der Waals surface area contributed by atoms with Crippen LogP contribution in [0.4, 0.5) is 9.52 Å². The molecular formula is C50H63ClFN4O7PS. The summed E-state index contributed by atoms with van der Waals surface area (Å²) in [6, 6.07) is 9.20. The summed E-state index contributed by atoms with van der Waals surface area (Å²) in [6.07, 6.45) is 9.82. The number of pyridine rings is 1. The summed E-state index contributed by atoms with van der Waals surface area (Å²) in [5.74, 6) is -0.560. The number of anilines is 1. The largest absolute Gasteiger partial charge is 0.495 e. The highest BCUT2D eigenvalue weighted by molar-refractivity contribution is 7.59. The molecule has 2 saturated carbocycles. The van der Waals surface area contributed by atoms with Crippen LogP contribution in [0, 0.1) is 30.5 Å². The van der Waals surface area contributed by atoms with Crippen LogP contribution in [0.5, 0.6) is 11.5 Å². The molecule has 350 valence electrons. The minimum Gasteiger partial charge on any atom is -0.495 e. The normalized spacial score (nSPS) is 25.4. The zero-order valence-electron chi connectivity index (χ0n) is 38.1. The second kappa shape index (κ2) is 20.1. The number of aryl methyl sites for hydroxylation is 1. The SMILES string of the molecule is COc1ccc2c(O[C@@H]3C[C@H]4C(=O)C[C@]5(P(=O)(O)Cc6c(C)cccc6F)C[C@H]5CCCCCCC[C@H](CC(=O)CC5CCCC5)C(=O)N4C3)cc(-c3csc(NC(C)C)n3)nc2c1Cl. The minimum absolute atomic E-state index is 0.0758. The third-order valence-corrected chi connectivity index (χ3v) is 18.5. The number of thiazole rings is 1. The number of ketones is 2. The van der Waals surface area contributed by atoms with E-state index >= 15 is 14.0 Å². The number of methoxy groups -OCH3 is 1. The first kappa shape index (κ1) is 47.6. The molecule has 11 nitrogen and oxygen atoms in total. The highest BCUT2D eigenvalue weighted by atomic mass is 35.5. The van der Waals surface area contributed by atoms with Crippen molar-refractivity contribution in [2.45, 2.75) is 153 Å². The molecule has 1 amide bonds. The van der Waals surface area contributed by atoms with Crippen LogP contribution >= 0.6 is 30.3 Å². The van der Waals surface area contributed by atoms with Crippen LogP contribution in [0.25, 0.3) is 22.3 Å². The Balaban J connectivity index is 1.14. The van der Waals surface area contributed by atoms with E-state index in [-0.39, 0.29) is 67.0 Å². The van der Waals surface area contributed by atoms with Crippen molar-refractivity contribution in [3.63, 3.8) is 0 Å². The number of nitrogens with zero attached hydrogens (tertiary/aromatic N) is 3. The molecule has 2 aromatic carbocycles. The monoisotopic (exact) mass is 948 g/mol. The molecule has 2 aliphatic carbocycles. The van der Waals surface area contributed by atoms with Gasteiger partial charge in [0.1, 0.15) is 39.9 Å². The molecular weight excluding hydrogens is 886 g/mol. The first-order valence-electron chi connectivity index (χ1n) is 23.6. The molecule has 1 unspecified atom stereocenters. The van der Waals surface area contributed by atoms with Crippen molar-refractivity contribution >= 4 is 63.8 Å². The van der Waals surface area contributed by atoms with Gasteiger partial charge < -0.3 is 24.6 Å². The molecule has 2 aliphatic heterocycles. The molecule has 4 heterocycles. The zero-order chi connectivity index (χ0) is 46.0. The standard InChI is InChI=1S/C50H63ClFN4O7PS/c1-30(2)53-49-55-41(29-65-49)40-24-45(37-19-20-44(62-4)46(51)47(37)54-40)63-36-23-42-43(58)26-50(64(60,61)28-38-31(3)13-12-18-39(38)52)25-34(50)17-9-7-5-6-8-16-33(48(59)56(42)27-36)22-35(57)21-32-14-10-11-15-32/h12-13,18-20,24,29-30,32-34,36,42H,5-11,14-17,21-23,25-28H2,1-4H3,(H,53,55)(H,60,61)/t33-,34-,36-,42+,50-/m1/s1. The molecule has 2 saturated heterocycles. The van der Waals surface area contributed by atoms with Gasteiger partial charge in [-0.1, -0.05) is 81.5 Å². The smallest absolute Gasteiger partial charge is 0.226 e. The van der Waals surface area contributed by atoms with Crippen LogP contribution in [0.3, 0.4) is 0 Å². The lowest BCUT2D eigenvalue weighted by molar-refractivity contribution is -0.143. The van der Waals surface area contributed by atoms with Crippen LogP contribution in [0.2, 0.25) is 5.02 Å². The minimum atomic E-state index is -4.18. The van der Waals surface area contributed by atoms with Crippen LogP contribution in [0.1, 0.15) is 128 Å². The topological polar surface area (TPSA) is 148 Å². The van der Waals surface area contributed by atoms with Crippen LogP contribution < -0.4 is 14.8 Å². The number of hydrogen-bond acceptors (Lipinski definition) is 10. The van der Waals surface area contributed by atoms with Gasteiger partial charge in [-0.2, -0.15) is 0 Å². The number of ether oxygens (including phenoxy) is 2. The van der Waals surface area contributed by atoms with Gasteiger partial charge in [-0.15, -0.1) is 11.3 Å². The maximum atomic E-state index is 15.3. The molecule has 4 aromatic rings. The maximum Gasteiger partial charge on any atom is 0.226 e. The third-order valence-electron chi connectivity index (χ3n) is 14.5. The van der Waals surface area contributed by atoms with Crippen molar-refractivity contribution in [1.82, 2.24) is 14.9 Å². The van der Waals surface area contributed by atoms with Gasteiger partial charge in [0.15, 0.2) is 10.9 Å². The second-order valence-corrected chi connectivity index (χ2v) is 23.3. The molecule has 2 N–H and O–H groups in total. The number of carbonyl (C=O) groups is 3. The Morgan fingerprint density at radius 2 is 1.75 bits per heavy atom. The lowest BCUT2D eigenvalue weighted by Gasteiger charge is -2.30. The van der Waals surface area contributed by atoms with Crippen molar-refractivity contribution in [1.29, 1.82) is 0 Å². The third kappa shape index (κ3) is 10.5. The molecule has 15 heteroatoms. The summed E-state index contributed by atoms with van der Waals surface area (Å²) < 4.78 is 42.5. The van der Waals surface area contributed by atoms with E-state index in [0.29, 0.717) is 76.0 Å². The van der Waals surface area contributed by atoms with E-state index in [1.54, 1.807) is 36.1 Å². The van der Waals surface area contributed by atoms with E-state index < -0.39 is 36.4 Å². The second-order valence-electron chi connectivity index (χ2n) is 19.5. The number of rotatable bonds is 13.